The molecule has 1 heterocycles. The predicted octanol–water partition coefficient (Wildman–Crippen LogP) is 2.29. The Kier molecular flexibility index (Phi) is 2.02. The van der Waals surface area contributed by atoms with Gasteiger partial charge in [0.05, 0.1) is 23.8 Å². The maximum Gasteiger partial charge on any atom is 0.119 e. The van der Waals surface area contributed by atoms with Gasteiger partial charge in [0.2, 0.25) is 0 Å². The molecule has 2 rings (SSSR count). The van der Waals surface area contributed by atoms with Crippen LogP contribution in [0.1, 0.15) is 0 Å². The summed E-state index contributed by atoms with van der Waals surface area (Å²) in [5.74, 6) is 0.766. The van der Waals surface area contributed by atoms with E-state index in [2.05, 4.69) is 10.2 Å². The van der Waals surface area contributed by atoms with Crippen LogP contribution in [-0.4, -0.2) is 17.3 Å². The molecule has 0 saturated heterocycles. The van der Waals surface area contributed by atoms with Gasteiger partial charge >= 0.3 is 0 Å². The molecule has 0 aliphatic heterocycles. The third kappa shape index (κ3) is 1.42. The van der Waals surface area contributed by atoms with E-state index in [1.807, 2.05) is 18.2 Å². The molecule has 0 aliphatic carbocycles. The average molecular weight is 195 g/mol. The third-order valence-corrected chi connectivity index (χ3v) is 2.10. The summed E-state index contributed by atoms with van der Waals surface area (Å²) in [4.78, 5) is 0. The lowest BCUT2D eigenvalue weighted by Gasteiger charge is -2.01. The summed E-state index contributed by atoms with van der Waals surface area (Å²) in [5.41, 5.74) is 0.772. The van der Waals surface area contributed by atoms with Crippen LogP contribution >= 0.6 is 11.6 Å². The molecule has 0 radical (unpaired) electrons. The van der Waals surface area contributed by atoms with Gasteiger partial charge in [-0.3, -0.25) is 0 Å². The summed E-state index contributed by atoms with van der Waals surface area (Å²) < 4.78 is 5.07. The number of ether oxygens (including phenoxy) is 1. The van der Waals surface area contributed by atoms with E-state index in [0.717, 1.165) is 16.7 Å². The lowest BCUT2D eigenvalue weighted by atomic mass is 10.2. The zero-order valence-corrected chi connectivity index (χ0v) is 7.75. The van der Waals surface area contributed by atoms with Crippen molar-refractivity contribution in [1.82, 2.24) is 10.2 Å². The van der Waals surface area contributed by atoms with Crippen LogP contribution in [-0.2, 0) is 0 Å². The summed E-state index contributed by atoms with van der Waals surface area (Å²) in [6.45, 7) is 0. The van der Waals surface area contributed by atoms with Crippen LogP contribution in [0.3, 0.4) is 0 Å². The fourth-order valence-electron chi connectivity index (χ4n) is 1.13. The van der Waals surface area contributed by atoms with Crippen molar-refractivity contribution in [1.29, 1.82) is 0 Å². The van der Waals surface area contributed by atoms with E-state index in [4.69, 9.17) is 16.3 Å². The molecule has 4 heteroatoms. The van der Waals surface area contributed by atoms with Gasteiger partial charge in [-0.1, -0.05) is 11.6 Å². The van der Waals surface area contributed by atoms with Gasteiger partial charge in [0.15, 0.2) is 0 Å². The Balaban J connectivity index is 2.74. The van der Waals surface area contributed by atoms with E-state index in [1.165, 1.54) is 6.20 Å². The van der Waals surface area contributed by atoms with Gasteiger partial charge in [-0.2, -0.15) is 10.2 Å². The van der Waals surface area contributed by atoms with Gasteiger partial charge in [-0.05, 0) is 18.2 Å². The minimum atomic E-state index is 0.587. The van der Waals surface area contributed by atoms with Crippen molar-refractivity contribution in [3.8, 4) is 5.75 Å². The standard InChI is InChI=1S/C9H7ClN2O/c1-13-6-2-3-9-7(4-6)8(10)5-11-12-9/h2-5H,1H3. The Bertz CT molecular complexity index is 445. The molecule has 0 atom stereocenters. The highest BCUT2D eigenvalue weighted by Crippen LogP contribution is 2.24. The molecule has 66 valence electrons. The van der Waals surface area contributed by atoms with E-state index in [-0.39, 0.29) is 0 Å². The molecule has 0 saturated carbocycles. The van der Waals surface area contributed by atoms with Gasteiger partial charge in [-0.25, -0.2) is 0 Å². The molecule has 1 aromatic carbocycles. The van der Waals surface area contributed by atoms with Crippen molar-refractivity contribution in [3.63, 3.8) is 0 Å². The summed E-state index contributed by atoms with van der Waals surface area (Å²) in [5, 5.41) is 9.12. The second kappa shape index (κ2) is 3.18. The molecule has 1 aromatic heterocycles. The lowest BCUT2D eigenvalue weighted by Crippen LogP contribution is -1.86. The van der Waals surface area contributed by atoms with Gasteiger partial charge in [-0.15, -0.1) is 0 Å². The van der Waals surface area contributed by atoms with Gasteiger partial charge in [0.25, 0.3) is 0 Å². The van der Waals surface area contributed by atoms with E-state index in [1.54, 1.807) is 7.11 Å². The molecule has 3 nitrogen and oxygen atoms in total. The normalized spacial score (nSPS) is 10.3. The maximum absolute atomic E-state index is 5.93. The van der Waals surface area contributed by atoms with Crippen LogP contribution in [0.4, 0.5) is 0 Å². The van der Waals surface area contributed by atoms with Crippen molar-refractivity contribution in [2.24, 2.45) is 0 Å². The Morgan fingerprint density at radius 3 is 3.00 bits per heavy atom. The number of aromatic nitrogens is 2. The number of rotatable bonds is 1. The van der Waals surface area contributed by atoms with Crippen molar-refractivity contribution < 1.29 is 4.74 Å². The number of fused-ring (bicyclic) bond motifs is 1. The molecule has 0 amide bonds. The van der Waals surface area contributed by atoms with Crippen molar-refractivity contribution in [2.75, 3.05) is 7.11 Å². The molecule has 0 aliphatic rings. The van der Waals surface area contributed by atoms with Crippen molar-refractivity contribution in [3.05, 3.63) is 29.4 Å². The molecule has 0 unspecified atom stereocenters. The molecule has 0 fully saturated rings. The zero-order valence-electron chi connectivity index (χ0n) is 6.99. The summed E-state index contributed by atoms with van der Waals surface area (Å²) in [6, 6.07) is 5.49. The average Bonchev–Trinajstić information content (AvgIpc) is 2.18. The predicted molar refractivity (Wildman–Crippen MR) is 51.1 cm³/mol. The molecular formula is C9H7ClN2O. The third-order valence-electron chi connectivity index (χ3n) is 1.80. The van der Waals surface area contributed by atoms with E-state index < -0.39 is 0 Å². The number of halogens is 1. The Morgan fingerprint density at radius 1 is 1.38 bits per heavy atom. The van der Waals surface area contributed by atoms with Gasteiger partial charge in [0, 0.05) is 5.39 Å². The first-order valence-corrected chi connectivity index (χ1v) is 4.14. The maximum atomic E-state index is 5.93. The largest absolute Gasteiger partial charge is 0.497 e. The zero-order chi connectivity index (χ0) is 9.26. The fraction of sp³-hybridized carbons (Fsp3) is 0.111. The minimum absolute atomic E-state index is 0.587. The second-order valence-corrected chi connectivity index (χ2v) is 2.98. The highest BCUT2D eigenvalue weighted by atomic mass is 35.5. The first-order chi connectivity index (χ1) is 6.31. The Labute approximate surface area is 80.3 Å². The number of nitrogens with zero attached hydrogens (tertiary/aromatic N) is 2. The molecule has 0 N–H and O–H groups in total. The topological polar surface area (TPSA) is 35.0 Å². The quantitative estimate of drug-likeness (QED) is 0.699. The van der Waals surface area contributed by atoms with Gasteiger partial charge in [0.1, 0.15) is 5.75 Å². The van der Waals surface area contributed by atoms with E-state index in [9.17, 15) is 0 Å². The molecular weight excluding hydrogens is 188 g/mol. The van der Waals surface area contributed by atoms with E-state index >= 15 is 0 Å². The Hall–Kier alpha value is -1.35. The number of methoxy groups -OCH3 is 1. The fourth-order valence-corrected chi connectivity index (χ4v) is 1.33. The smallest absolute Gasteiger partial charge is 0.119 e. The number of benzene rings is 1. The highest BCUT2D eigenvalue weighted by molar-refractivity contribution is 6.35. The van der Waals surface area contributed by atoms with Gasteiger partial charge < -0.3 is 4.74 Å². The monoisotopic (exact) mass is 194 g/mol. The van der Waals surface area contributed by atoms with Crippen LogP contribution < -0.4 is 4.74 Å². The first kappa shape index (κ1) is 8.26. The summed E-state index contributed by atoms with van der Waals surface area (Å²) >= 11 is 5.93. The molecule has 2 aromatic rings. The Morgan fingerprint density at radius 2 is 2.23 bits per heavy atom. The molecule has 0 bridgehead atoms. The number of hydrogen-bond donors (Lipinski definition) is 0. The first-order valence-electron chi connectivity index (χ1n) is 3.76. The van der Waals surface area contributed by atoms with E-state index in [0.29, 0.717) is 5.02 Å². The minimum Gasteiger partial charge on any atom is -0.497 e. The SMILES string of the molecule is COc1ccc2nncc(Cl)c2c1. The lowest BCUT2D eigenvalue weighted by molar-refractivity contribution is 0.415. The number of hydrogen-bond acceptors (Lipinski definition) is 3. The van der Waals surface area contributed by atoms with Crippen LogP contribution in [0.15, 0.2) is 24.4 Å². The molecule has 0 spiro atoms. The summed E-state index contributed by atoms with van der Waals surface area (Å²) in [7, 11) is 1.61. The summed E-state index contributed by atoms with van der Waals surface area (Å²) in [6.07, 6.45) is 1.52. The van der Waals surface area contributed by atoms with Crippen molar-refractivity contribution >= 4 is 22.5 Å². The van der Waals surface area contributed by atoms with Crippen LogP contribution in [0.2, 0.25) is 5.02 Å². The molecule has 13 heavy (non-hydrogen) atoms. The van der Waals surface area contributed by atoms with Crippen LogP contribution in [0.25, 0.3) is 10.9 Å². The second-order valence-electron chi connectivity index (χ2n) is 2.58. The van der Waals surface area contributed by atoms with Crippen LogP contribution in [0.5, 0.6) is 5.75 Å². The van der Waals surface area contributed by atoms with Crippen LogP contribution in [0, 0.1) is 0 Å². The van der Waals surface area contributed by atoms with Crippen molar-refractivity contribution in [2.45, 2.75) is 0 Å². The highest BCUT2D eigenvalue weighted by Gasteiger charge is 2.01.